The summed E-state index contributed by atoms with van der Waals surface area (Å²) >= 11 is 0. The fourth-order valence-electron chi connectivity index (χ4n) is 4.60. The van der Waals surface area contributed by atoms with Gasteiger partial charge in [-0.25, -0.2) is 9.18 Å². The molecule has 3 aliphatic rings. The van der Waals surface area contributed by atoms with E-state index in [1.807, 2.05) is 13.0 Å². The minimum atomic E-state index is -0.389. The predicted octanol–water partition coefficient (Wildman–Crippen LogP) is 3.49. The average molecular weight is 451 g/mol. The number of fused-ring (bicyclic) bond motifs is 2. The van der Waals surface area contributed by atoms with Crippen LogP contribution in [-0.2, 0) is 27.3 Å². The normalized spacial score (nSPS) is 19.7. The average Bonchev–Trinajstić information content (AvgIpc) is 3.37. The van der Waals surface area contributed by atoms with Crippen LogP contribution in [-0.4, -0.2) is 61.1 Å². The Bertz CT molecular complexity index is 1140. The largest absolute Gasteiger partial charge is 0.487 e. The maximum atomic E-state index is 13.8. The van der Waals surface area contributed by atoms with E-state index in [1.165, 1.54) is 17.7 Å². The molecular weight excluding hydrogens is 425 g/mol. The summed E-state index contributed by atoms with van der Waals surface area (Å²) in [7, 11) is 0. The highest BCUT2D eigenvalue weighted by Crippen LogP contribution is 2.41. The zero-order valence-corrected chi connectivity index (χ0v) is 18.5. The lowest BCUT2D eigenvalue weighted by molar-refractivity contribution is -0.110. The Hall–Kier alpha value is -3.39. The van der Waals surface area contributed by atoms with Crippen molar-refractivity contribution in [3.63, 3.8) is 0 Å². The molecule has 5 rings (SSSR count). The Morgan fingerprint density at radius 1 is 1.12 bits per heavy atom. The molecule has 0 aromatic heterocycles. The molecule has 0 aliphatic carbocycles. The van der Waals surface area contributed by atoms with Crippen molar-refractivity contribution in [2.75, 3.05) is 44.6 Å². The molecule has 0 radical (unpaired) electrons. The molecule has 0 bridgehead atoms. The van der Waals surface area contributed by atoms with E-state index in [4.69, 9.17) is 9.47 Å². The molecule has 3 heterocycles. The molecule has 1 fully saturated rings. The summed E-state index contributed by atoms with van der Waals surface area (Å²) in [4.78, 5) is 28.5. The van der Waals surface area contributed by atoms with Gasteiger partial charge in [0.2, 0.25) is 0 Å². The summed E-state index contributed by atoms with van der Waals surface area (Å²) in [6, 6.07) is 10.4. The van der Waals surface area contributed by atoms with Crippen molar-refractivity contribution in [2.24, 2.45) is 0 Å². The minimum absolute atomic E-state index is 0.234. The predicted molar refractivity (Wildman–Crippen MR) is 122 cm³/mol. The zero-order valence-electron chi connectivity index (χ0n) is 18.5. The van der Waals surface area contributed by atoms with Crippen molar-refractivity contribution in [3.05, 3.63) is 64.5 Å². The van der Waals surface area contributed by atoms with Gasteiger partial charge in [-0.05, 0) is 37.1 Å². The highest BCUT2D eigenvalue weighted by Gasteiger charge is 2.33. The summed E-state index contributed by atoms with van der Waals surface area (Å²) in [6.45, 7) is 6.51. The van der Waals surface area contributed by atoms with Gasteiger partial charge in [-0.3, -0.25) is 9.69 Å². The summed E-state index contributed by atoms with van der Waals surface area (Å²) in [6.07, 6.45) is 0.648. The summed E-state index contributed by atoms with van der Waals surface area (Å²) in [5.41, 5.74) is 4.62. The van der Waals surface area contributed by atoms with Crippen molar-refractivity contribution < 1.29 is 23.5 Å². The number of nitrogens with one attached hydrogen (secondary N) is 1. The maximum absolute atomic E-state index is 13.8. The molecule has 7 nitrogen and oxygen atoms in total. The van der Waals surface area contributed by atoms with Gasteiger partial charge in [0, 0.05) is 55.1 Å². The topological polar surface area (TPSA) is 71.1 Å². The van der Waals surface area contributed by atoms with Crippen LogP contribution in [0.2, 0.25) is 0 Å². The lowest BCUT2D eigenvalue weighted by Crippen LogP contribution is -2.49. The van der Waals surface area contributed by atoms with Gasteiger partial charge >= 0.3 is 6.09 Å². The van der Waals surface area contributed by atoms with Crippen LogP contribution in [0.25, 0.3) is 11.3 Å². The Balaban J connectivity index is 1.26. The van der Waals surface area contributed by atoms with E-state index in [2.05, 4.69) is 22.3 Å². The number of benzene rings is 2. The molecule has 8 heteroatoms. The first-order valence-corrected chi connectivity index (χ1v) is 11.3. The highest BCUT2D eigenvalue weighted by molar-refractivity contribution is 6.36. The van der Waals surface area contributed by atoms with E-state index in [9.17, 15) is 14.0 Å². The molecule has 2 amide bonds. The van der Waals surface area contributed by atoms with E-state index in [0.29, 0.717) is 48.9 Å². The third-order valence-electron chi connectivity index (χ3n) is 6.35. The third-order valence-corrected chi connectivity index (χ3v) is 6.35. The minimum Gasteiger partial charge on any atom is -0.487 e. The lowest BCUT2D eigenvalue weighted by Gasteiger charge is -2.34. The highest BCUT2D eigenvalue weighted by atomic mass is 19.1. The quantitative estimate of drug-likeness (QED) is 0.721. The molecule has 172 valence electrons. The molecule has 0 saturated carbocycles. The van der Waals surface area contributed by atoms with Gasteiger partial charge in [-0.1, -0.05) is 18.2 Å². The van der Waals surface area contributed by atoms with E-state index >= 15 is 0 Å². The van der Waals surface area contributed by atoms with Crippen molar-refractivity contribution >= 4 is 29.0 Å². The molecule has 1 saturated heterocycles. The number of anilines is 1. The molecule has 3 aliphatic heterocycles. The number of carbonyl (C=O) groups excluding carboxylic acids is 2. The van der Waals surface area contributed by atoms with E-state index < -0.39 is 0 Å². The molecule has 1 N–H and O–H groups in total. The number of carbonyl (C=O) groups is 2. The Morgan fingerprint density at radius 2 is 1.94 bits per heavy atom. The second-order valence-corrected chi connectivity index (χ2v) is 8.41. The van der Waals surface area contributed by atoms with Crippen molar-refractivity contribution in [3.8, 4) is 0 Å². The zero-order chi connectivity index (χ0) is 22.9. The first-order valence-electron chi connectivity index (χ1n) is 11.3. The fraction of sp³-hybridized carbons (Fsp3) is 0.360. The standard InChI is InChI=1S/C25H26FN3O4/c1-2-32-25(31)29-11-9-28(10-12-29)8-7-16-3-5-19-17(13-16)15-33-23(19)22-20-14-18(26)4-6-21(20)27-24(22)30/h3-6,13-14H,2,7-12,15H2,1H3,(H,27,30)/b23-22+. The number of nitrogens with zero attached hydrogens (tertiary/aromatic N) is 2. The van der Waals surface area contributed by atoms with Crippen LogP contribution in [0.4, 0.5) is 14.9 Å². The monoisotopic (exact) mass is 451 g/mol. The Labute approximate surface area is 191 Å². The summed E-state index contributed by atoms with van der Waals surface area (Å²) in [5, 5.41) is 2.79. The molecule has 2 aromatic rings. The first-order chi connectivity index (χ1) is 16.0. The molecule has 33 heavy (non-hydrogen) atoms. The van der Waals surface area contributed by atoms with E-state index in [-0.39, 0.29) is 17.8 Å². The number of hydrogen-bond acceptors (Lipinski definition) is 5. The SMILES string of the molecule is CCOC(=O)N1CCN(CCc2ccc3c(c2)CO/C3=C2/C(=O)Nc3ccc(F)cc32)CC1. The van der Waals surface area contributed by atoms with Crippen LogP contribution in [0, 0.1) is 5.82 Å². The molecule has 0 spiro atoms. The molecule has 0 atom stereocenters. The van der Waals surface area contributed by atoms with Crippen LogP contribution >= 0.6 is 0 Å². The molecule has 2 aromatic carbocycles. The van der Waals surface area contributed by atoms with E-state index in [0.717, 1.165) is 37.2 Å². The number of piperazine rings is 1. The molecule has 0 unspecified atom stereocenters. The van der Waals surface area contributed by atoms with Gasteiger partial charge < -0.3 is 19.7 Å². The number of hydrogen-bond donors (Lipinski definition) is 1. The Morgan fingerprint density at radius 3 is 2.73 bits per heavy atom. The van der Waals surface area contributed by atoms with Crippen LogP contribution in [0.15, 0.2) is 36.4 Å². The fourth-order valence-corrected chi connectivity index (χ4v) is 4.60. The van der Waals surface area contributed by atoms with Gasteiger partial charge in [0.05, 0.1) is 12.2 Å². The lowest BCUT2D eigenvalue weighted by atomic mass is 9.98. The van der Waals surface area contributed by atoms with Crippen LogP contribution in [0.3, 0.4) is 0 Å². The van der Waals surface area contributed by atoms with Crippen molar-refractivity contribution in [2.45, 2.75) is 20.0 Å². The first kappa shape index (κ1) is 21.5. The number of amides is 2. The van der Waals surface area contributed by atoms with Crippen LogP contribution < -0.4 is 5.32 Å². The van der Waals surface area contributed by atoms with Gasteiger partial charge in [-0.15, -0.1) is 0 Å². The van der Waals surface area contributed by atoms with Crippen molar-refractivity contribution in [1.29, 1.82) is 0 Å². The third kappa shape index (κ3) is 4.18. The number of ether oxygens (including phenoxy) is 2. The van der Waals surface area contributed by atoms with Crippen LogP contribution in [0.1, 0.15) is 29.2 Å². The van der Waals surface area contributed by atoms with Gasteiger partial charge in [0.25, 0.3) is 5.91 Å². The second-order valence-electron chi connectivity index (χ2n) is 8.41. The Kier molecular flexibility index (Phi) is 5.76. The summed E-state index contributed by atoms with van der Waals surface area (Å²) < 4.78 is 24.8. The number of halogens is 1. The van der Waals surface area contributed by atoms with Gasteiger partial charge in [0.15, 0.2) is 0 Å². The van der Waals surface area contributed by atoms with Gasteiger partial charge in [0.1, 0.15) is 18.2 Å². The summed E-state index contributed by atoms with van der Waals surface area (Å²) in [5.74, 6) is -0.155. The smallest absolute Gasteiger partial charge is 0.409 e. The van der Waals surface area contributed by atoms with E-state index in [1.54, 1.807) is 11.0 Å². The van der Waals surface area contributed by atoms with Gasteiger partial charge in [-0.2, -0.15) is 0 Å². The van der Waals surface area contributed by atoms with Crippen molar-refractivity contribution in [1.82, 2.24) is 9.80 Å². The second kappa shape index (κ2) is 8.86. The number of rotatable bonds is 4. The maximum Gasteiger partial charge on any atom is 0.409 e. The van der Waals surface area contributed by atoms with Crippen LogP contribution in [0.5, 0.6) is 0 Å². The molecular formula is C25H26FN3O4.